The van der Waals surface area contributed by atoms with E-state index in [1.54, 1.807) is 4.90 Å². The van der Waals surface area contributed by atoms with Crippen molar-refractivity contribution in [1.82, 2.24) is 9.80 Å². The fourth-order valence-corrected chi connectivity index (χ4v) is 2.36. The number of anilines is 1. The van der Waals surface area contributed by atoms with Crippen LogP contribution in [-0.2, 0) is 11.3 Å². The maximum Gasteiger partial charge on any atom is 0.410 e. The maximum absolute atomic E-state index is 12.0. The Labute approximate surface area is 126 Å². The molecule has 1 aliphatic rings. The molecule has 0 unspecified atom stereocenters. The summed E-state index contributed by atoms with van der Waals surface area (Å²) >= 11 is 0. The standard InChI is InChI=1S/C16H25N3O2/c1-16(2,3)21-15(20)19-9-7-18(8-10-19)12-13-5-4-6-14(17)11-13/h4-6,11H,7-10,12,17H2,1-3H3. The Hall–Kier alpha value is -1.75. The summed E-state index contributed by atoms with van der Waals surface area (Å²) in [7, 11) is 0. The Morgan fingerprint density at radius 2 is 1.90 bits per heavy atom. The van der Waals surface area contributed by atoms with Gasteiger partial charge in [-0.2, -0.15) is 0 Å². The lowest BCUT2D eigenvalue weighted by Crippen LogP contribution is -2.49. The van der Waals surface area contributed by atoms with Crippen molar-refractivity contribution in [2.24, 2.45) is 0 Å². The molecule has 1 amide bonds. The molecule has 0 atom stereocenters. The van der Waals surface area contributed by atoms with Gasteiger partial charge in [-0.15, -0.1) is 0 Å². The van der Waals surface area contributed by atoms with Crippen molar-refractivity contribution in [2.75, 3.05) is 31.9 Å². The first kappa shape index (κ1) is 15.6. The van der Waals surface area contributed by atoms with E-state index in [1.807, 2.05) is 39.0 Å². The van der Waals surface area contributed by atoms with Gasteiger partial charge < -0.3 is 15.4 Å². The summed E-state index contributed by atoms with van der Waals surface area (Å²) in [4.78, 5) is 16.1. The van der Waals surface area contributed by atoms with Crippen molar-refractivity contribution >= 4 is 11.8 Å². The van der Waals surface area contributed by atoms with Gasteiger partial charge in [0.05, 0.1) is 0 Å². The number of nitrogens with two attached hydrogens (primary N) is 1. The van der Waals surface area contributed by atoms with Gasteiger partial charge in [0.2, 0.25) is 0 Å². The number of nitrogen functional groups attached to an aromatic ring is 1. The van der Waals surface area contributed by atoms with Crippen LogP contribution in [0.4, 0.5) is 10.5 Å². The Morgan fingerprint density at radius 1 is 1.24 bits per heavy atom. The van der Waals surface area contributed by atoms with Crippen LogP contribution >= 0.6 is 0 Å². The average Bonchev–Trinajstić information content (AvgIpc) is 2.37. The molecule has 1 aromatic rings. The second-order valence-corrected chi connectivity index (χ2v) is 6.49. The van der Waals surface area contributed by atoms with Gasteiger partial charge in [-0.05, 0) is 38.5 Å². The highest BCUT2D eigenvalue weighted by Crippen LogP contribution is 2.14. The van der Waals surface area contributed by atoms with Crippen LogP contribution in [0, 0.1) is 0 Å². The van der Waals surface area contributed by atoms with E-state index in [2.05, 4.69) is 11.0 Å². The number of nitrogens with zero attached hydrogens (tertiary/aromatic N) is 2. The molecule has 0 saturated carbocycles. The number of benzene rings is 1. The SMILES string of the molecule is CC(C)(C)OC(=O)N1CCN(Cc2cccc(N)c2)CC1. The Morgan fingerprint density at radius 3 is 2.48 bits per heavy atom. The first-order valence-corrected chi connectivity index (χ1v) is 7.38. The molecule has 0 aliphatic carbocycles. The van der Waals surface area contributed by atoms with Crippen molar-refractivity contribution in [1.29, 1.82) is 0 Å². The van der Waals surface area contributed by atoms with Crippen LogP contribution in [0.15, 0.2) is 24.3 Å². The second kappa shape index (κ2) is 6.35. The van der Waals surface area contributed by atoms with E-state index in [0.29, 0.717) is 13.1 Å². The van der Waals surface area contributed by atoms with E-state index in [-0.39, 0.29) is 6.09 Å². The summed E-state index contributed by atoms with van der Waals surface area (Å²) in [5.41, 5.74) is 7.36. The van der Waals surface area contributed by atoms with Crippen LogP contribution in [-0.4, -0.2) is 47.7 Å². The Bertz CT molecular complexity index is 489. The smallest absolute Gasteiger partial charge is 0.410 e. The van der Waals surface area contributed by atoms with Gasteiger partial charge in [0.25, 0.3) is 0 Å². The molecule has 2 rings (SSSR count). The van der Waals surface area contributed by atoms with Gasteiger partial charge in [-0.1, -0.05) is 12.1 Å². The summed E-state index contributed by atoms with van der Waals surface area (Å²) in [5, 5.41) is 0. The molecule has 1 aromatic carbocycles. The molecule has 0 aromatic heterocycles. The van der Waals surface area contributed by atoms with Crippen LogP contribution in [0.5, 0.6) is 0 Å². The normalized spacial score (nSPS) is 16.8. The zero-order valence-corrected chi connectivity index (χ0v) is 13.1. The first-order chi connectivity index (χ1) is 9.83. The highest BCUT2D eigenvalue weighted by atomic mass is 16.6. The number of piperazine rings is 1. The molecule has 0 radical (unpaired) electrons. The zero-order valence-electron chi connectivity index (χ0n) is 13.1. The largest absolute Gasteiger partial charge is 0.444 e. The summed E-state index contributed by atoms with van der Waals surface area (Å²) in [6.45, 7) is 9.66. The molecule has 1 aliphatic heterocycles. The number of ether oxygens (including phenoxy) is 1. The number of hydrogen-bond donors (Lipinski definition) is 1. The van der Waals surface area contributed by atoms with E-state index >= 15 is 0 Å². The fraction of sp³-hybridized carbons (Fsp3) is 0.562. The van der Waals surface area contributed by atoms with Crippen LogP contribution < -0.4 is 5.73 Å². The van der Waals surface area contributed by atoms with E-state index in [4.69, 9.17) is 10.5 Å². The number of amides is 1. The van der Waals surface area contributed by atoms with Crippen molar-refractivity contribution < 1.29 is 9.53 Å². The molecule has 0 bridgehead atoms. The molecule has 5 heteroatoms. The predicted octanol–water partition coefficient (Wildman–Crippen LogP) is 2.32. The molecular formula is C16H25N3O2. The molecule has 1 saturated heterocycles. The van der Waals surface area contributed by atoms with Crippen LogP contribution in [0.1, 0.15) is 26.3 Å². The molecule has 116 valence electrons. The molecule has 1 fully saturated rings. The van der Waals surface area contributed by atoms with Crippen molar-refractivity contribution in [2.45, 2.75) is 32.9 Å². The van der Waals surface area contributed by atoms with E-state index in [9.17, 15) is 4.79 Å². The lowest BCUT2D eigenvalue weighted by molar-refractivity contribution is 0.0139. The lowest BCUT2D eigenvalue weighted by Gasteiger charge is -2.35. The minimum absolute atomic E-state index is 0.217. The summed E-state index contributed by atoms with van der Waals surface area (Å²) in [5.74, 6) is 0. The Kier molecular flexibility index (Phi) is 4.73. The molecular weight excluding hydrogens is 266 g/mol. The van der Waals surface area contributed by atoms with Gasteiger partial charge in [0.15, 0.2) is 0 Å². The van der Waals surface area contributed by atoms with Crippen molar-refractivity contribution in [3.05, 3.63) is 29.8 Å². The van der Waals surface area contributed by atoms with Crippen molar-refractivity contribution in [3.8, 4) is 0 Å². The molecule has 5 nitrogen and oxygen atoms in total. The fourth-order valence-electron chi connectivity index (χ4n) is 2.36. The van der Waals surface area contributed by atoms with Gasteiger partial charge >= 0.3 is 6.09 Å². The van der Waals surface area contributed by atoms with Crippen LogP contribution in [0.2, 0.25) is 0 Å². The lowest BCUT2D eigenvalue weighted by atomic mass is 10.2. The highest BCUT2D eigenvalue weighted by Gasteiger charge is 2.25. The maximum atomic E-state index is 12.0. The first-order valence-electron chi connectivity index (χ1n) is 7.38. The highest BCUT2D eigenvalue weighted by molar-refractivity contribution is 5.68. The van der Waals surface area contributed by atoms with Crippen LogP contribution in [0.3, 0.4) is 0 Å². The van der Waals surface area contributed by atoms with E-state index in [1.165, 1.54) is 5.56 Å². The van der Waals surface area contributed by atoms with Gasteiger partial charge in [0, 0.05) is 38.4 Å². The predicted molar refractivity (Wildman–Crippen MR) is 83.9 cm³/mol. The number of rotatable bonds is 2. The third kappa shape index (κ3) is 4.93. The minimum Gasteiger partial charge on any atom is -0.444 e. The molecule has 1 heterocycles. The quantitative estimate of drug-likeness (QED) is 0.850. The number of hydrogen-bond acceptors (Lipinski definition) is 4. The van der Waals surface area contributed by atoms with E-state index in [0.717, 1.165) is 25.3 Å². The Balaban J connectivity index is 1.82. The van der Waals surface area contributed by atoms with E-state index < -0.39 is 5.60 Å². The third-order valence-electron chi connectivity index (χ3n) is 3.38. The zero-order chi connectivity index (χ0) is 15.5. The average molecular weight is 291 g/mol. The van der Waals surface area contributed by atoms with Gasteiger partial charge in [-0.3, -0.25) is 4.90 Å². The topological polar surface area (TPSA) is 58.8 Å². The van der Waals surface area contributed by atoms with Crippen molar-refractivity contribution in [3.63, 3.8) is 0 Å². The summed E-state index contributed by atoms with van der Waals surface area (Å²) in [6.07, 6.45) is -0.217. The number of carbonyl (C=O) groups excluding carboxylic acids is 1. The third-order valence-corrected chi connectivity index (χ3v) is 3.38. The molecule has 2 N–H and O–H groups in total. The van der Waals surface area contributed by atoms with Gasteiger partial charge in [0.1, 0.15) is 5.60 Å². The van der Waals surface area contributed by atoms with Crippen LogP contribution in [0.25, 0.3) is 0 Å². The van der Waals surface area contributed by atoms with Gasteiger partial charge in [-0.25, -0.2) is 4.79 Å². The second-order valence-electron chi connectivity index (χ2n) is 6.49. The minimum atomic E-state index is -0.435. The molecule has 21 heavy (non-hydrogen) atoms. The summed E-state index contributed by atoms with van der Waals surface area (Å²) < 4.78 is 5.40. The molecule has 0 spiro atoms. The number of carbonyl (C=O) groups is 1. The summed E-state index contributed by atoms with van der Waals surface area (Å²) in [6, 6.07) is 7.95. The monoisotopic (exact) mass is 291 g/mol.